The summed E-state index contributed by atoms with van der Waals surface area (Å²) in [6.45, 7) is 2.64. The van der Waals surface area contributed by atoms with Crippen molar-refractivity contribution >= 4 is 11.9 Å². The standard InChI is InChI=1S/C14H18N2O4/c1-9(12-7-4-8-20-12)15-13(17)10-5-3-6-11(16-10)14(18)19-2/h3,5-6,9,12H,4,7-8H2,1-2H3,(H,15,17). The van der Waals surface area contributed by atoms with Gasteiger partial charge in [0.1, 0.15) is 11.4 Å². The van der Waals surface area contributed by atoms with Crippen molar-refractivity contribution in [1.82, 2.24) is 10.3 Å². The zero-order chi connectivity index (χ0) is 14.5. The van der Waals surface area contributed by atoms with E-state index in [1.165, 1.54) is 13.2 Å². The molecule has 2 heterocycles. The molecule has 6 heteroatoms. The first-order valence-electron chi connectivity index (χ1n) is 6.59. The van der Waals surface area contributed by atoms with Crippen LogP contribution in [0.25, 0.3) is 0 Å². The minimum Gasteiger partial charge on any atom is -0.464 e. The molecule has 0 aromatic carbocycles. The van der Waals surface area contributed by atoms with Crippen LogP contribution in [-0.2, 0) is 9.47 Å². The summed E-state index contributed by atoms with van der Waals surface area (Å²) in [7, 11) is 1.27. The van der Waals surface area contributed by atoms with Gasteiger partial charge in [0.15, 0.2) is 0 Å². The summed E-state index contributed by atoms with van der Waals surface area (Å²) in [6, 6.07) is 4.58. The Bertz CT molecular complexity index is 498. The highest BCUT2D eigenvalue weighted by atomic mass is 16.5. The van der Waals surface area contributed by atoms with Gasteiger partial charge in [0, 0.05) is 6.61 Å². The Morgan fingerprint density at radius 3 is 2.85 bits per heavy atom. The van der Waals surface area contributed by atoms with Crippen LogP contribution in [0.1, 0.15) is 40.7 Å². The first-order valence-corrected chi connectivity index (χ1v) is 6.59. The molecule has 1 aromatic rings. The fraction of sp³-hybridized carbons (Fsp3) is 0.500. The van der Waals surface area contributed by atoms with Gasteiger partial charge < -0.3 is 14.8 Å². The van der Waals surface area contributed by atoms with Crippen LogP contribution < -0.4 is 5.32 Å². The minimum atomic E-state index is -0.563. The van der Waals surface area contributed by atoms with Crippen LogP contribution >= 0.6 is 0 Å². The second-order valence-electron chi connectivity index (χ2n) is 4.71. The van der Waals surface area contributed by atoms with E-state index in [2.05, 4.69) is 15.0 Å². The molecule has 0 saturated carbocycles. The number of ether oxygens (including phenoxy) is 2. The first-order chi connectivity index (χ1) is 9.61. The zero-order valence-corrected chi connectivity index (χ0v) is 11.6. The summed E-state index contributed by atoms with van der Waals surface area (Å²) in [4.78, 5) is 27.5. The molecule has 20 heavy (non-hydrogen) atoms. The number of pyridine rings is 1. The van der Waals surface area contributed by atoms with Crippen molar-refractivity contribution in [2.75, 3.05) is 13.7 Å². The van der Waals surface area contributed by atoms with Crippen LogP contribution in [0, 0.1) is 0 Å². The smallest absolute Gasteiger partial charge is 0.356 e. The molecule has 108 valence electrons. The number of carbonyl (C=O) groups excluding carboxylic acids is 2. The summed E-state index contributed by atoms with van der Waals surface area (Å²) < 4.78 is 10.1. The molecule has 1 aliphatic heterocycles. The van der Waals surface area contributed by atoms with Gasteiger partial charge in [0.2, 0.25) is 0 Å². The lowest BCUT2D eigenvalue weighted by Crippen LogP contribution is -2.41. The van der Waals surface area contributed by atoms with Crippen molar-refractivity contribution in [1.29, 1.82) is 0 Å². The number of amides is 1. The van der Waals surface area contributed by atoms with E-state index >= 15 is 0 Å². The van der Waals surface area contributed by atoms with E-state index < -0.39 is 5.97 Å². The quantitative estimate of drug-likeness (QED) is 0.836. The zero-order valence-electron chi connectivity index (χ0n) is 11.6. The topological polar surface area (TPSA) is 77.5 Å². The molecule has 1 N–H and O–H groups in total. The van der Waals surface area contributed by atoms with Gasteiger partial charge in [0.25, 0.3) is 5.91 Å². The van der Waals surface area contributed by atoms with Gasteiger partial charge in [-0.1, -0.05) is 6.07 Å². The third kappa shape index (κ3) is 3.33. The highest BCUT2D eigenvalue weighted by Gasteiger charge is 2.24. The number of methoxy groups -OCH3 is 1. The Hall–Kier alpha value is -1.95. The van der Waals surface area contributed by atoms with Gasteiger partial charge in [-0.15, -0.1) is 0 Å². The predicted octanol–water partition coefficient (Wildman–Crippen LogP) is 1.17. The number of nitrogens with zero attached hydrogens (tertiary/aromatic N) is 1. The molecule has 2 rings (SSSR count). The van der Waals surface area contributed by atoms with Crippen LogP contribution in [-0.4, -0.2) is 42.7 Å². The molecular formula is C14H18N2O4. The fourth-order valence-corrected chi connectivity index (χ4v) is 2.15. The summed E-state index contributed by atoms with van der Waals surface area (Å²) in [5.74, 6) is -0.884. The maximum absolute atomic E-state index is 12.1. The number of hydrogen-bond donors (Lipinski definition) is 1. The number of rotatable bonds is 4. The van der Waals surface area contributed by atoms with Crippen molar-refractivity contribution in [3.8, 4) is 0 Å². The molecule has 0 aliphatic carbocycles. The second-order valence-corrected chi connectivity index (χ2v) is 4.71. The van der Waals surface area contributed by atoms with E-state index in [4.69, 9.17) is 4.74 Å². The Balaban J connectivity index is 2.03. The number of hydrogen-bond acceptors (Lipinski definition) is 5. The van der Waals surface area contributed by atoms with Gasteiger partial charge in [-0.05, 0) is 31.9 Å². The maximum Gasteiger partial charge on any atom is 0.356 e. The average molecular weight is 278 g/mol. The van der Waals surface area contributed by atoms with Crippen molar-refractivity contribution < 1.29 is 19.1 Å². The molecule has 0 radical (unpaired) electrons. The van der Waals surface area contributed by atoms with E-state index in [1.807, 2.05) is 6.92 Å². The van der Waals surface area contributed by atoms with E-state index in [0.717, 1.165) is 19.4 Å². The molecule has 0 spiro atoms. The van der Waals surface area contributed by atoms with E-state index in [0.29, 0.717) is 0 Å². The van der Waals surface area contributed by atoms with Crippen LogP contribution in [0.5, 0.6) is 0 Å². The highest BCUT2D eigenvalue weighted by molar-refractivity contribution is 5.94. The van der Waals surface area contributed by atoms with E-state index in [1.54, 1.807) is 12.1 Å². The molecule has 1 fully saturated rings. The molecule has 1 aliphatic rings. The first kappa shape index (κ1) is 14.5. The van der Waals surface area contributed by atoms with E-state index in [-0.39, 0.29) is 29.4 Å². The van der Waals surface area contributed by atoms with Crippen LogP contribution in [0.2, 0.25) is 0 Å². The van der Waals surface area contributed by atoms with Gasteiger partial charge in [-0.2, -0.15) is 0 Å². The monoisotopic (exact) mass is 278 g/mol. The molecule has 1 amide bonds. The summed E-state index contributed by atoms with van der Waals surface area (Å²) in [5, 5.41) is 2.84. The normalized spacial score (nSPS) is 19.4. The molecule has 2 unspecified atom stereocenters. The minimum absolute atomic E-state index is 0.0442. The number of esters is 1. The average Bonchev–Trinajstić information content (AvgIpc) is 3.00. The third-order valence-electron chi connectivity index (χ3n) is 3.26. The van der Waals surface area contributed by atoms with Gasteiger partial charge in [-0.3, -0.25) is 4.79 Å². The summed E-state index contributed by atoms with van der Waals surface area (Å²) in [5.41, 5.74) is 0.308. The Morgan fingerprint density at radius 2 is 2.20 bits per heavy atom. The lowest BCUT2D eigenvalue weighted by molar-refractivity contribution is 0.0593. The van der Waals surface area contributed by atoms with Crippen molar-refractivity contribution in [3.05, 3.63) is 29.6 Å². The third-order valence-corrected chi connectivity index (χ3v) is 3.26. The molecular weight excluding hydrogens is 260 g/mol. The number of carbonyl (C=O) groups is 2. The van der Waals surface area contributed by atoms with Gasteiger partial charge in [0.05, 0.1) is 19.3 Å². The number of nitrogens with one attached hydrogen (secondary N) is 1. The SMILES string of the molecule is COC(=O)c1cccc(C(=O)NC(C)C2CCCO2)n1. The lowest BCUT2D eigenvalue weighted by atomic mass is 10.1. The Kier molecular flexibility index (Phi) is 4.68. The van der Waals surface area contributed by atoms with Gasteiger partial charge >= 0.3 is 5.97 Å². The van der Waals surface area contributed by atoms with Crippen LogP contribution in [0.3, 0.4) is 0 Å². The van der Waals surface area contributed by atoms with Crippen molar-refractivity contribution in [2.45, 2.75) is 31.9 Å². The van der Waals surface area contributed by atoms with Crippen LogP contribution in [0.4, 0.5) is 0 Å². The lowest BCUT2D eigenvalue weighted by Gasteiger charge is -2.19. The highest BCUT2D eigenvalue weighted by Crippen LogP contribution is 2.15. The fourth-order valence-electron chi connectivity index (χ4n) is 2.15. The predicted molar refractivity (Wildman–Crippen MR) is 71.5 cm³/mol. The van der Waals surface area contributed by atoms with Crippen molar-refractivity contribution in [3.63, 3.8) is 0 Å². The van der Waals surface area contributed by atoms with Crippen LogP contribution in [0.15, 0.2) is 18.2 Å². The Labute approximate surface area is 117 Å². The molecule has 6 nitrogen and oxygen atoms in total. The molecule has 2 atom stereocenters. The largest absolute Gasteiger partial charge is 0.464 e. The molecule has 1 saturated heterocycles. The maximum atomic E-state index is 12.1. The Morgan fingerprint density at radius 1 is 1.45 bits per heavy atom. The van der Waals surface area contributed by atoms with Crippen molar-refractivity contribution in [2.24, 2.45) is 0 Å². The molecule has 0 bridgehead atoms. The van der Waals surface area contributed by atoms with E-state index in [9.17, 15) is 9.59 Å². The van der Waals surface area contributed by atoms with Gasteiger partial charge in [-0.25, -0.2) is 9.78 Å². The second kappa shape index (κ2) is 6.47. The summed E-state index contributed by atoms with van der Waals surface area (Å²) in [6.07, 6.45) is 2.00. The molecule has 1 aromatic heterocycles. The number of aromatic nitrogens is 1. The summed E-state index contributed by atoms with van der Waals surface area (Å²) >= 11 is 0.